The topological polar surface area (TPSA) is 51.3 Å². The first-order valence-electron chi connectivity index (χ1n) is 6.63. The van der Waals surface area contributed by atoms with Crippen molar-refractivity contribution in [3.8, 4) is 0 Å². The Morgan fingerprint density at radius 3 is 3.05 bits per heavy atom. The molecule has 1 aliphatic rings. The van der Waals surface area contributed by atoms with Crippen LogP contribution in [-0.2, 0) is 15.9 Å². The molecule has 0 amide bonds. The van der Waals surface area contributed by atoms with E-state index in [1.54, 1.807) is 6.20 Å². The number of para-hydroxylation sites is 1. The summed E-state index contributed by atoms with van der Waals surface area (Å²) in [4.78, 5) is 15.7. The summed E-state index contributed by atoms with van der Waals surface area (Å²) in [5.74, 6) is -0.000738. The molecule has 4 nitrogen and oxygen atoms in total. The first-order valence-corrected chi connectivity index (χ1v) is 6.63. The molecule has 1 saturated heterocycles. The number of aryl methyl sites for hydroxylation is 1. The number of benzene rings is 1. The quantitative estimate of drug-likeness (QED) is 0.861. The van der Waals surface area contributed by atoms with E-state index in [2.05, 4.69) is 18.0 Å². The average Bonchev–Trinajstić information content (AvgIpc) is 2.91. The second-order valence-electron chi connectivity index (χ2n) is 4.69. The molecule has 1 N–H and O–H groups in total. The fourth-order valence-corrected chi connectivity index (χ4v) is 2.53. The molecule has 0 spiro atoms. The Labute approximate surface area is 111 Å². The number of aromatic amines is 1. The lowest BCUT2D eigenvalue weighted by Gasteiger charge is -2.21. The fourth-order valence-electron chi connectivity index (χ4n) is 2.53. The number of aromatic nitrogens is 1. The monoisotopic (exact) mass is 259 g/mol. The summed E-state index contributed by atoms with van der Waals surface area (Å²) in [5.41, 5.74) is 2.96. The van der Waals surface area contributed by atoms with Gasteiger partial charge in [0, 0.05) is 22.7 Å². The number of nitrogens with one attached hydrogen (secondary N) is 1. The molecule has 4 heteroatoms. The maximum atomic E-state index is 12.4. The van der Waals surface area contributed by atoms with Gasteiger partial charge in [0.15, 0.2) is 5.78 Å². The summed E-state index contributed by atoms with van der Waals surface area (Å²) in [7, 11) is 0. The number of rotatable bonds is 3. The molecule has 0 radical (unpaired) electrons. The summed E-state index contributed by atoms with van der Waals surface area (Å²) in [5, 5.41) is 0.971. The number of hydrogen-bond donors (Lipinski definition) is 1. The third kappa shape index (κ3) is 2.17. The molecule has 1 fully saturated rings. The van der Waals surface area contributed by atoms with Gasteiger partial charge in [0.1, 0.15) is 6.10 Å². The van der Waals surface area contributed by atoms with Gasteiger partial charge in [-0.1, -0.05) is 25.1 Å². The van der Waals surface area contributed by atoms with Gasteiger partial charge in [-0.25, -0.2) is 0 Å². The summed E-state index contributed by atoms with van der Waals surface area (Å²) < 4.78 is 10.8. The third-order valence-electron chi connectivity index (χ3n) is 3.56. The van der Waals surface area contributed by atoms with Crippen molar-refractivity contribution in [3.05, 3.63) is 35.5 Å². The largest absolute Gasteiger partial charge is 0.376 e. The van der Waals surface area contributed by atoms with Crippen molar-refractivity contribution in [2.24, 2.45) is 0 Å². The Kier molecular flexibility index (Phi) is 3.36. The van der Waals surface area contributed by atoms with Crippen LogP contribution in [0.15, 0.2) is 24.4 Å². The maximum Gasteiger partial charge on any atom is 0.196 e. The predicted octanol–water partition coefficient (Wildman–Crippen LogP) is 2.33. The Balaban J connectivity index is 1.98. The van der Waals surface area contributed by atoms with Crippen LogP contribution in [0, 0.1) is 0 Å². The van der Waals surface area contributed by atoms with Crippen LogP contribution >= 0.6 is 0 Å². The first kappa shape index (κ1) is 12.4. The second-order valence-corrected chi connectivity index (χ2v) is 4.69. The Hall–Kier alpha value is -1.65. The van der Waals surface area contributed by atoms with Gasteiger partial charge in [-0.2, -0.15) is 0 Å². The molecular formula is C15H17NO3. The molecular weight excluding hydrogens is 242 g/mol. The lowest BCUT2D eigenvalue weighted by atomic mass is 10.0. The standard InChI is InChI=1S/C15H17NO3/c1-2-10-4-3-5-11-12(8-16-14(10)11)15(17)13-9-18-6-7-19-13/h3-5,8,13,16H,2,6-7,9H2,1H3. The van der Waals surface area contributed by atoms with Crippen LogP contribution in [0.3, 0.4) is 0 Å². The molecule has 1 aromatic heterocycles. The van der Waals surface area contributed by atoms with Crippen molar-refractivity contribution in [1.82, 2.24) is 4.98 Å². The number of carbonyl (C=O) groups is 1. The zero-order valence-corrected chi connectivity index (χ0v) is 10.9. The number of ether oxygens (including phenoxy) is 2. The maximum absolute atomic E-state index is 12.4. The van der Waals surface area contributed by atoms with Gasteiger partial charge in [-0.3, -0.25) is 4.79 Å². The zero-order valence-electron chi connectivity index (χ0n) is 10.9. The van der Waals surface area contributed by atoms with E-state index in [-0.39, 0.29) is 5.78 Å². The van der Waals surface area contributed by atoms with Gasteiger partial charge in [0.05, 0.1) is 19.8 Å². The van der Waals surface area contributed by atoms with Crippen molar-refractivity contribution < 1.29 is 14.3 Å². The first-order chi connectivity index (χ1) is 9.31. The number of carbonyl (C=O) groups excluding carboxylic acids is 1. The number of H-pyrrole nitrogens is 1. The molecule has 100 valence electrons. The third-order valence-corrected chi connectivity index (χ3v) is 3.56. The number of ketones is 1. The van der Waals surface area contributed by atoms with Gasteiger partial charge < -0.3 is 14.5 Å². The van der Waals surface area contributed by atoms with E-state index in [1.807, 2.05) is 12.1 Å². The van der Waals surface area contributed by atoms with Crippen molar-refractivity contribution in [2.75, 3.05) is 19.8 Å². The summed E-state index contributed by atoms with van der Waals surface area (Å²) in [6.07, 6.45) is 2.25. The van der Waals surface area contributed by atoms with Crippen LogP contribution in [0.25, 0.3) is 10.9 Å². The minimum atomic E-state index is -0.474. The van der Waals surface area contributed by atoms with Gasteiger partial charge in [-0.05, 0) is 12.0 Å². The van der Waals surface area contributed by atoms with Crippen molar-refractivity contribution in [1.29, 1.82) is 0 Å². The number of fused-ring (bicyclic) bond motifs is 1. The highest BCUT2D eigenvalue weighted by atomic mass is 16.6. The molecule has 1 aromatic carbocycles. The van der Waals surface area contributed by atoms with Crippen LogP contribution in [-0.4, -0.2) is 36.7 Å². The Bertz CT molecular complexity index is 596. The number of hydrogen-bond acceptors (Lipinski definition) is 3. The van der Waals surface area contributed by atoms with E-state index in [0.29, 0.717) is 25.4 Å². The molecule has 1 unspecified atom stereocenters. The number of Topliss-reactive ketones (excluding diaryl/α,β-unsaturated/α-hetero) is 1. The molecule has 1 aliphatic heterocycles. The van der Waals surface area contributed by atoms with Crippen molar-refractivity contribution in [2.45, 2.75) is 19.4 Å². The van der Waals surface area contributed by atoms with Crippen LogP contribution in [0.5, 0.6) is 0 Å². The summed E-state index contributed by atoms with van der Waals surface area (Å²) in [6, 6.07) is 6.04. The van der Waals surface area contributed by atoms with E-state index in [9.17, 15) is 4.79 Å². The van der Waals surface area contributed by atoms with Crippen molar-refractivity contribution in [3.63, 3.8) is 0 Å². The van der Waals surface area contributed by atoms with Gasteiger partial charge >= 0.3 is 0 Å². The smallest absolute Gasteiger partial charge is 0.196 e. The minimum Gasteiger partial charge on any atom is -0.376 e. The molecule has 1 atom stereocenters. The predicted molar refractivity (Wildman–Crippen MR) is 72.6 cm³/mol. The van der Waals surface area contributed by atoms with Crippen LogP contribution in [0.2, 0.25) is 0 Å². The molecule has 0 aliphatic carbocycles. The van der Waals surface area contributed by atoms with E-state index >= 15 is 0 Å². The van der Waals surface area contributed by atoms with Crippen LogP contribution in [0.4, 0.5) is 0 Å². The lowest BCUT2D eigenvalue weighted by Crippen LogP contribution is -2.35. The van der Waals surface area contributed by atoms with Gasteiger partial charge in [0.2, 0.25) is 0 Å². The minimum absolute atomic E-state index is 0.000738. The van der Waals surface area contributed by atoms with Crippen LogP contribution in [0.1, 0.15) is 22.8 Å². The highest BCUT2D eigenvalue weighted by Gasteiger charge is 2.26. The molecule has 2 aromatic rings. The summed E-state index contributed by atoms with van der Waals surface area (Å²) in [6.45, 7) is 3.50. The summed E-state index contributed by atoms with van der Waals surface area (Å²) >= 11 is 0. The molecule has 2 heterocycles. The fraction of sp³-hybridized carbons (Fsp3) is 0.400. The molecule has 0 saturated carbocycles. The SMILES string of the molecule is CCc1cccc2c(C(=O)C3COCCO3)c[nH]c12. The Morgan fingerprint density at radius 2 is 2.32 bits per heavy atom. The van der Waals surface area contributed by atoms with Gasteiger partial charge in [0.25, 0.3) is 0 Å². The van der Waals surface area contributed by atoms with Crippen LogP contribution < -0.4 is 0 Å². The Morgan fingerprint density at radius 1 is 1.42 bits per heavy atom. The molecule has 19 heavy (non-hydrogen) atoms. The zero-order chi connectivity index (χ0) is 13.2. The van der Waals surface area contributed by atoms with E-state index in [4.69, 9.17) is 9.47 Å². The normalized spacial score (nSPS) is 19.7. The lowest BCUT2D eigenvalue weighted by molar-refractivity contribution is -0.0718. The molecule has 3 rings (SSSR count). The molecule has 0 bridgehead atoms. The van der Waals surface area contributed by atoms with E-state index < -0.39 is 6.10 Å². The highest BCUT2D eigenvalue weighted by Crippen LogP contribution is 2.24. The van der Waals surface area contributed by atoms with Crippen molar-refractivity contribution >= 4 is 16.7 Å². The highest BCUT2D eigenvalue weighted by molar-refractivity contribution is 6.10. The second kappa shape index (κ2) is 5.15. The van der Waals surface area contributed by atoms with E-state index in [0.717, 1.165) is 17.3 Å². The van der Waals surface area contributed by atoms with E-state index in [1.165, 1.54) is 5.56 Å². The average molecular weight is 259 g/mol. The van der Waals surface area contributed by atoms with Gasteiger partial charge in [-0.15, -0.1) is 0 Å².